The second-order valence-electron chi connectivity index (χ2n) is 5.69. The van der Waals surface area contributed by atoms with Gasteiger partial charge in [-0.15, -0.1) is 5.10 Å². The molecule has 0 aromatic carbocycles. The molecule has 0 saturated heterocycles. The normalized spacial score (nSPS) is 11.5. The molecule has 19 heavy (non-hydrogen) atoms. The van der Waals surface area contributed by atoms with Crippen molar-refractivity contribution in [3.63, 3.8) is 0 Å². The van der Waals surface area contributed by atoms with Gasteiger partial charge in [0, 0.05) is 31.6 Å². The second kappa shape index (κ2) is 8.04. The standard InChI is InChI=1S/C14H26N4O/c1-11(2)9-13-10-18(17-16-13)8-7-15-6-5-14(19)12(3)4/h10-12,15H,5-9H2,1-4H3. The van der Waals surface area contributed by atoms with Gasteiger partial charge in [-0.05, 0) is 12.3 Å². The fraction of sp³-hybridized carbons (Fsp3) is 0.786. The van der Waals surface area contributed by atoms with Gasteiger partial charge < -0.3 is 5.32 Å². The first-order chi connectivity index (χ1) is 8.99. The molecule has 0 amide bonds. The molecule has 0 aliphatic rings. The van der Waals surface area contributed by atoms with Crippen molar-refractivity contribution < 1.29 is 4.79 Å². The highest BCUT2D eigenvalue weighted by molar-refractivity contribution is 5.80. The van der Waals surface area contributed by atoms with Crippen molar-refractivity contribution in [2.24, 2.45) is 11.8 Å². The van der Waals surface area contributed by atoms with Crippen LogP contribution in [-0.2, 0) is 17.8 Å². The van der Waals surface area contributed by atoms with Crippen LogP contribution in [0.4, 0.5) is 0 Å². The molecule has 1 heterocycles. The smallest absolute Gasteiger partial charge is 0.136 e. The van der Waals surface area contributed by atoms with Crippen LogP contribution < -0.4 is 5.32 Å². The lowest BCUT2D eigenvalue weighted by atomic mass is 10.1. The Morgan fingerprint density at radius 3 is 2.68 bits per heavy atom. The molecule has 0 unspecified atom stereocenters. The summed E-state index contributed by atoms with van der Waals surface area (Å²) in [5.74, 6) is 1.05. The van der Waals surface area contributed by atoms with Crippen LogP contribution in [0.15, 0.2) is 6.20 Å². The van der Waals surface area contributed by atoms with Crippen LogP contribution in [0.25, 0.3) is 0 Å². The highest BCUT2D eigenvalue weighted by atomic mass is 16.1. The molecule has 5 heteroatoms. The molecule has 0 radical (unpaired) electrons. The number of carbonyl (C=O) groups is 1. The summed E-state index contributed by atoms with van der Waals surface area (Å²) in [6, 6.07) is 0. The summed E-state index contributed by atoms with van der Waals surface area (Å²) in [5.41, 5.74) is 1.05. The van der Waals surface area contributed by atoms with Crippen molar-refractivity contribution in [3.8, 4) is 0 Å². The lowest BCUT2D eigenvalue weighted by Gasteiger charge is -2.05. The molecular formula is C14H26N4O. The van der Waals surface area contributed by atoms with Crippen molar-refractivity contribution in [2.45, 2.75) is 47.1 Å². The summed E-state index contributed by atoms with van der Waals surface area (Å²) in [4.78, 5) is 11.4. The minimum absolute atomic E-state index is 0.135. The predicted octanol–water partition coefficient (Wildman–Crippen LogP) is 1.68. The van der Waals surface area contributed by atoms with E-state index in [2.05, 4.69) is 29.5 Å². The van der Waals surface area contributed by atoms with E-state index in [0.717, 1.165) is 31.7 Å². The summed E-state index contributed by atoms with van der Waals surface area (Å²) >= 11 is 0. The van der Waals surface area contributed by atoms with Crippen molar-refractivity contribution in [3.05, 3.63) is 11.9 Å². The molecule has 108 valence electrons. The average Bonchev–Trinajstić information content (AvgIpc) is 2.75. The Morgan fingerprint density at radius 2 is 2.05 bits per heavy atom. The van der Waals surface area contributed by atoms with Gasteiger partial charge in [-0.2, -0.15) is 0 Å². The molecule has 0 aliphatic carbocycles. The lowest BCUT2D eigenvalue weighted by molar-refractivity contribution is -0.121. The quantitative estimate of drug-likeness (QED) is 0.691. The van der Waals surface area contributed by atoms with Gasteiger partial charge in [-0.3, -0.25) is 9.48 Å². The number of ketones is 1. The van der Waals surface area contributed by atoms with E-state index in [9.17, 15) is 4.79 Å². The molecular weight excluding hydrogens is 240 g/mol. The maximum Gasteiger partial charge on any atom is 0.136 e. The van der Waals surface area contributed by atoms with Gasteiger partial charge in [0.25, 0.3) is 0 Å². The number of carbonyl (C=O) groups excluding carboxylic acids is 1. The van der Waals surface area contributed by atoms with E-state index in [1.165, 1.54) is 0 Å². The van der Waals surface area contributed by atoms with Crippen LogP contribution in [0.3, 0.4) is 0 Å². The summed E-state index contributed by atoms with van der Waals surface area (Å²) in [7, 11) is 0. The van der Waals surface area contributed by atoms with Gasteiger partial charge in [-0.1, -0.05) is 32.9 Å². The minimum atomic E-state index is 0.135. The van der Waals surface area contributed by atoms with E-state index in [-0.39, 0.29) is 5.92 Å². The third kappa shape index (κ3) is 6.47. The molecule has 1 N–H and O–H groups in total. The summed E-state index contributed by atoms with van der Waals surface area (Å²) in [5, 5.41) is 11.5. The van der Waals surface area contributed by atoms with Crippen molar-refractivity contribution in [1.82, 2.24) is 20.3 Å². The first-order valence-corrected chi connectivity index (χ1v) is 7.11. The zero-order valence-corrected chi connectivity index (χ0v) is 12.5. The number of hydrogen-bond acceptors (Lipinski definition) is 4. The van der Waals surface area contributed by atoms with E-state index in [1.807, 2.05) is 24.7 Å². The zero-order valence-electron chi connectivity index (χ0n) is 12.5. The van der Waals surface area contributed by atoms with Crippen molar-refractivity contribution in [2.75, 3.05) is 13.1 Å². The molecule has 0 aliphatic heterocycles. The molecule has 0 saturated carbocycles. The van der Waals surface area contributed by atoms with Crippen LogP contribution in [0.1, 0.15) is 39.8 Å². The minimum Gasteiger partial charge on any atom is -0.314 e. The van der Waals surface area contributed by atoms with Gasteiger partial charge in [0.1, 0.15) is 5.78 Å². The predicted molar refractivity (Wildman–Crippen MR) is 75.9 cm³/mol. The zero-order chi connectivity index (χ0) is 14.3. The van der Waals surface area contributed by atoms with Gasteiger partial charge in [0.15, 0.2) is 0 Å². The van der Waals surface area contributed by atoms with Crippen LogP contribution in [0, 0.1) is 11.8 Å². The third-order valence-electron chi connectivity index (χ3n) is 2.91. The molecule has 1 aromatic heterocycles. The Hall–Kier alpha value is -1.23. The maximum absolute atomic E-state index is 11.4. The monoisotopic (exact) mass is 266 g/mol. The Labute approximate surface area is 115 Å². The molecule has 0 fully saturated rings. The van der Waals surface area contributed by atoms with E-state index < -0.39 is 0 Å². The van der Waals surface area contributed by atoms with Crippen LogP contribution >= 0.6 is 0 Å². The summed E-state index contributed by atoms with van der Waals surface area (Å²) < 4.78 is 1.86. The lowest BCUT2D eigenvalue weighted by Crippen LogP contribution is -2.24. The van der Waals surface area contributed by atoms with Gasteiger partial charge in [0.2, 0.25) is 0 Å². The highest BCUT2D eigenvalue weighted by Gasteiger charge is 2.06. The van der Waals surface area contributed by atoms with Crippen molar-refractivity contribution >= 4 is 5.78 Å². The van der Waals surface area contributed by atoms with Crippen molar-refractivity contribution in [1.29, 1.82) is 0 Å². The number of Topliss-reactive ketones (excluding diaryl/α,β-unsaturated/α-hetero) is 1. The largest absolute Gasteiger partial charge is 0.314 e. The highest BCUT2D eigenvalue weighted by Crippen LogP contribution is 2.03. The van der Waals surface area contributed by atoms with E-state index >= 15 is 0 Å². The molecule has 5 nitrogen and oxygen atoms in total. The number of nitrogens with zero attached hydrogens (tertiary/aromatic N) is 3. The first-order valence-electron chi connectivity index (χ1n) is 7.11. The fourth-order valence-corrected chi connectivity index (χ4v) is 1.78. The average molecular weight is 266 g/mol. The molecule has 0 atom stereocenters. The Bertz CT molecular complexity index is 385. The third-order valence-corrected chi connectivity index (χ3v) is 2.91. The van der Waals surface area contributed by atoms with Crippen LogP contribution in [-0.4, -0.2) is 33.9 Å². The SMILES string of the molecule is CC(C)Cc1cn(CCNCCC(=O)C(C)C)nn1. The molecule has 1 aromatic rings. The van der Waals surface area contributed by atoms with Crippen LogP contribution in [0.5, 0.6) is 0 Å². The van der Waals surface area contributed by atoms with Gasteiger partial charge in [-0.25, -0.2) is 0 Å². The first kappa shape index (κ1) is 15.8. The van der Waals surface area contributed by atoms with Crippen LogP contribution in [0.2, 0.25) is 0 Å². The Balaban J connectivity index is 2.16. The number of rotatable bonds is 9. The molecule has 0 bridgehead atoms. The Kier molecular flexibility index (Phi) is 6.70. The summed E-state index contributed by atoms with van der Waals surface area (Å²) in [6.45, 7) is 10.6. The second-order valence-corrected chi connectivity index (χ2v) is 5.69. The Morgan fingerprint density at radius 1 is 1.32 bits per heavy atom. The topological polar surface area (TPSA) is 59.8 Å². The van der Waals surface area contributed by atoms with E-state index in [1.54, 1.807) is 0 Å². The molecule has 0 spiro atoms. The fourth-order valence-electron chi connectivity index (χ4n) is 1.78. The molecule has 1 rings (SSSR count). The van der Waals surface area contributed by atoms with E-state index in [0.29, 0.717) is 18.1 Å². The number of aromatic nitrogens is 3. The van der Waals surface area contributed by atoms with Gasteiger partial charge >= 0.3 is 0 Å². The number of nitrogens with one attached hydrogen (secondary N) is 1. The number of hydrogen-bond donors (Lipinski definition) is 1. The van der Waals surface area contributed by atoms with Gasteiger partial charge in [0.05, 0.1) is 12.2 Å². The van der Waals surface area contributed by atoms with E-state index in [4.69, 9.17) is 0 Å². The maximum atomic E-state index is 11.4. The summed E-state index contributed by atoms with van der Waals surface area (Å²) in [6.07, 6.45) is 3.57.